The molecule has 1 aromatic rings. The third-order valence-electron chi connectivity index (χ3n) is 4.86. The summed E-state index contributed by atoms with van der Waals surface area (Å²) in [5.41, 5.74) is 0.969. The molecule has 2 heterocycles. The molecule has 1 aromatic carbocycles. The zero-order valence-corrected chi connectivity index (χ0v) is 13.3. The fourth-order valence-corrected chi connectivity index (χ4v) is 3.77. The highest BCUT2D eigenvalue weighted by atomic mass is 35.5. The molecule has 0 radical (unpaired) electrons. The summed E-state index contributed by atoms with van der Waals surface area (Å²) in [7, 11) is 0. The van der Waals surface area contributed by atoms with Crippen LogP contribution in [0.5, 0.6) is 0 Å². The molecule has 0 saturated carbocycles. The molecule has 116 valence electrons. The van der Waals surface area contributed by atoms with Gasteiger partial charge in [0.1, 0.15) is 0 Å². The van der Waals surface area contributed by atoms with Gasteiger partial charge in [0.25, 0.3) is 0 Å². The number of hydrogen-bond donors (Lipinski definition) is 1. The highest BCUT2D eigenvalue weighted by Gasteiger charge is 2.28. The van der Waals surface area contributed by atoms with E-state index in [4.69, 9.17) is 11.6 Å². The fraction of sp³-hybridized carbons (Fsp3) is 0.647. The van der Waals surface area contributed by atoms with Gasteiger partial charge >= 0.3 is 0 Å². The quantitative estimate of drug-likeness (QED) is 0.926. The summed E-state index contributed by atoms with van der Waals surface area (Å²) >= 11 is 5.89. The van der Waals surface area contributed by atoms with Gasteiger partial charge in [0.15, 0.2) is 0 Å². The zero-order valence-electron chi connectivity index (χ0n) is 12.5. The lowest BCUT2D eigenvalue weighted by molar-refractivity contribution is 0.137. The summed E-state index contributed by atoms with van der Waals surface area (Å²) < 4.78 is 0. The Morgan fingerprint density at radius 2 is 1.90 bits per heavy atom. The summed E-state index contributed by atoms with van der Waals surface area (Å²) in [6, 6.07) is 8.30. The van der Waals surface area contributed by atoms with E-state index in [1.807, 2.05) is 24.3 Å². The lowest BCUT2D eigenvalue weighted by Gasteiger charge is -2.26. The smallest absolute Gasteiger partial charge is 0.0802 e. The predicted molar refractivity (Wildman–Crippen MR) is 86.7 cm³/mol. The molecule has 2 unspecified atom stereocenters. The van der Waals surface area contributed by atoms with Gasteiger partial charge in [0.05, 0.1) is 6.10 Å². The first kappa shape index (κ1) is 15.3. The van der Waals surface area contributed by atoms with Gasteiger partial charge in [0, 0.05) is 24.2 Å². The molecule has 0 aliphatic carbocycles. The first-order chi connectivity index (χ1) is 10.2. The van der Waals surface area contributed by atoms with Crippen LogP contribution in [0.1, 0.15) is 37.4 Å². The Balaban J connectivity index is 1.50. The topological polar surface area (TPSA) is 26.7 Å². The monoisotopic (exact) mass is 308 g/mol. The van der Waals surface area contributed by atoms with Crippen molar-refractivity contribution in [2.24, 2.45) is 0 Å². The molecular weight excluding hydrogens is 284 g/mol. The van der Waals surface area contributed by atoms with Crippen molar-refractivity contribution in [2.75, 3.05) is 32.7 Å². The van der Waals surface area contributed by atoms with Gasteiger partial charge in [-0.25, -0.2) is 0 Å². The Kier molecular flexibility index (Phi) is 5.17. The second-order valence-electron chi connectivity index (χ2n) is 6.34. The largest absolute Gasteiger partial charge is 0.388 e. The van der Waals surface area contributed by atoms with Crippen LogP contribution in [0.15, 0.2) is 24.3 Å². The second kappa shape index (κ2) is 7.10. The molecule has 3 rings (SSSR count). The number of benzene rings is 1. The Hall–Kier alpha value is -0.610. The summed E-state index contributed by atoms with van der Waals surface area (Å²) in [5, 5.41) is 11.0. The maximum atomic E-state index is 10.3. The van der Waals surface area contributed by atoms with E-state index < -0.39 is 0 Å². The molecular formula is C17H25ClN2O. The van der Waals surface area contributed by atoms with Crippen LogP contribution >= 0.6 is 11.6 Å². The van der Waals surface area contributed by atoms with Crippen LogP contribution in [0.4, 0.5) is 0 Å². The average Bonchev–Trinajstić information content (AvgIpc) is 2.83. The van der Waals surface area contributed by atoms with Crippen molar-refractivity contribution in [3.63, 3.8) is 0 Å². The minimum Gasteiger partial charge on any atom is -0.388 e. The van der Waals surface area contributed by atoms with E-state index in [0.29, 0.717) is 0 Å². The van der Waals surface area contributed by atoms with Crippen molar-refractivity contribution in [2.45, 2.75) is 37.8 Å². The van der Waals surface area contributed by atoms with E-state index >= 15 is 0 Å². The van der Waals surface area contributed by atoms with E-state index in [9.17, 15) is 5.11 Å². The van der Waals surface area contributed by atoms with Crippen LogP contribution in [-0.2, 0) is 0 Å². The van der Waals surface area contributed by atoms with E-state index in [-0.39, 0.29) is 6.10 Å². The summed E-state index contributed by atoms with van der Waals surface area (Å²) in [4.78, 5) is 5.19. The van der Waals surface area contributed by atoms with Gasteiger partial charge in [-0.3, -0.25) is 4.90 Å². The van der Waals surface area contributed by atoms with Crippen LogP contribution in [0, 0.1) is 0 Å². The number of fused-ring (bicyclic) bond motifs is 1. The van der Waals surface area contributed by atoms with Gasteiger partial charge in [-0.15, -0.1) is 0 Å². The van der Waals surface area contributed by atoms with E-state index in [2.05, 4.69) is 9.80 Å². The number of nitrogens with zero attached hydrogens (tertiary/aromatic N) is 2. The molecule has 1 N–H and O–H groups in total. The highest BCUT2D eigenvalue weighted by Crippen LogP contribution is 2.23. The Bertz CT molecular complexity index is 451. The maximum absolute atomic E-state index is 10.3. The maximum Gasteiger partial charge on any atom is 0.0802 e. The second-order valence-corrected chi connectivity index (χ2v) is 6.78. The SMILES string of the molecule is OC(CCN1CCCN2CCCC2C1)c1ccc(Cl)cc1. The van der Waals surface area contributed by atoms with Crippen LogP contribution in [0.25, 0.3) is 0 Å². The molecule has 0 aromatic heterocycles. The van der Waals surface area contributed by atoms with Gasteiger partial charge in [0.2, 0.25) is 0 Å². The Morgan fingerprint density at radius 3 is 2.71 bits per heavy atom. The van der Waals surface area contributed by atoms with E-state index in [1.165, 1.54) is 45.4 Å². The minimum absolute atomic E-state index is 0.384. The summed E-state index contributed by atoms with van der Waals surface area (Å²) in [5.74, 6) is 0. The normalized spacial score (nSPS) is 25.5. The van der Waals surface area contributed by atoms with Crippen LogP contribution in [0.3, 0.4) is 0 Å². The zero-order chi connectivity index (χ0) is 14.7. The van der Waals surface area contributed by atoms with Crippen molar-refractivity contribution < 1.29 is 5.11 Å². The third kappa shape index (κ3) is 3.98. The molecule has 2 aliphatic heterocycles. The number of aliphatic hydroxyl groups is 1. The number of rotatable bonds is 4. The molecule has 0 bridgehead atoms. The predicted octanol–water partition coefficient (Wildman–Crippen LogP) is 2.93. The van der Waals surface area contributed by atoms with Crippen molar-refractivity contribution in [1.82, 2.24) is 9.80 Å². The lowest BCUT2D eigenvalue weighted by atomic mass is 10.1. The van der Waals surface area contributed by atoms with Gasteiger partial charge in [-0.2, -0.15) is 0 Å². The first-order valence-electron chi connectivity index (χ1n) is 8.12. The standard InChI is InChI=1S/C17H25ClN2O/c18-15-6-4-14(5-7-15)17(21)8-12-19-9-2-11-20-10-1-3-16(20)13-19/h4-7,16-17,21H,1-3,8-13H2. The van der Waals surface area contributed by atoms with E-state index in [1.54, 1.807) is 0 Å². The first-order valence-corrected chi connectivity index (χ1v) is 8.50. The molecule has 0 spiro atoms. The summed E-state index contributed by atoms with van der Waals surface area (Å²) in [6.07, 6.45) is 4.37. The van der Waals surface area contributed by atoms with Gasteiger partial charge < -0.3 is 10.0 Å². The van der Waals surface area contributed by atoms with Crippen molar-refractivity contribution in [1.29, 1.82) is 0 Å². The van der Waals surface area contributed by atoms with Gasteiger partial charge in [-0.05, 0) is 63.0 Å². The molecule has 2 fully saturated rings. The number of hydrogen-bond acceptors (Lipinski definition) is 3. The highest BCUT2D eigenvalue weighted by molar-refractivity contribution is 6.30. The lowest BCUT2D eigenvalue weighted by Crippen LogP contribution is -2.37. The molecule has 2 saturated heterocycles. The molecule has 3 nitrogen and oxygen atoms in total. The molecule has 2 aliphatic rings. The van der Waals surface area contributed by atoms with Gasteiger partial charge in [-0.1, -0.05) is 23.7 Å². The molecule has 0 amide bonds. The summed E-state index contributed by atoms with van der Waals surface area (Å²) in [6.45, 7) is 5.86. The van der Waals surface area contributed by atoms with Crippen molar-refractivity contribution in [3.05, 3.63) is 34.9 Å². The minimum atomic E-state index is -0.384. The van der Waals surface area contributed by atoms with Crippen molar-refractivity contribution >= 4 is 11.6 Å². The molecule has 21 heavy (non-hydrogen) atoms. The number of halogens is 1. The van der Waals surface area contributed by atoms with E-state index in [0.717, 1.165) is 29.6 Å². The Labute approximate surface area is 132 Å². The van der Waals surface area contributed by atoms with Crippen LogP contribution < -0.4 is 0 Å². The Morgan fingerprint density at radius 1 is 1.14 bits per heavy atom. The molecule has 2 atom stereocenters. The van der Waals surface area contributed by atoms with Crippen molar-refractivity contribution in [3.8, 4) is 0 Å². The molecule has 4 heteroatoms. The van der Waals surface area contributed by atoms with Crippen LogP contribution in [0.2, 0.25) is 5.02 Å². The van der Waals surface area contributed by atoms with Crippen LogP contribution in [-0.4, -0.2) is 53.7 Å². The average molecular weight is 309 g/mol. The number of aliphatic hydroxyl groups excluding tert-OH is 1. The third-order valence-corrected chi connectivity index (χ3v) is 5.11. The fourth-order valence-electron chi connectivity index (χ4n) is 3.64.